The van der Waals surface area contributed by atoms with Gasteiger partial charge in [0.25, 0.3) is 0 Å². The van der Waals surface area contributed by atoms with Gasteiger partial charge in [0.2, 0.25) is 5.91 Å². The van der Waals surface area contributed by atoms with E-state index >= 15 is 0 Å². The normalized spacial score (nSPS) is 12.0. The SMILES string of the molecule is CCOc1ccc(CC(=O)NCC(c2cccc(Cl)c2)N(C)C)cc1. The first-order valence-corrected chi connectivity index (χ1v) is 8.77. The zero-order valence-corrected chi connectivity index (χ0v) is 15.7. The Morgan fingerprint density at radius 1 is 1.20 bits per heavy atom. The molecule has 1 N–H and O–H groups in total. The van der Waals surface area contributed by atoms with Gasteiger partial charge in [-0.3, -0.25) is 4.79 Å². The van der Waals surface area contributed by atoms with Crippen LogP contribution in [0.5, 0.6) is 5.75 Å². The van der Waals surface area contributed by atoms with Crippen molar-refractivity contribution in [2.75, 3.05) is 27.2 Å². The highest BCUT2D eigenvalue weighted by Gasteiger charge is 2.15. The first-order chi connectivity index (χ1) is 12.0. The van der Waals surface area contributed by atoms with Crippen molar-refractivity contribution in [1.82, 2.24) is 10.2 Å². The van der Waals surface area contributed by atoms with Crippen LogP contribution < -0.4 is 10.1 Å². The van der Waals surface area contributed by atoms with Crippen LogP contribution in [0.2, 0.25) is 5.02 Å². The van der Waals surface area contributed by atoms with Gasteiger partial charge in [0.1, 0.15) is 5.75 Å². The summed E-state index contributed by atoms with van der Waals surface area (Å²) in [4.78, 5) is 14.3. The number of ether oxygens (including phenoxy) is 1. The minimum atomic E-state index is -0.00182. The fraction of sp³-hybridized carbons (Fsp3) is 0.350. The van der Waals surface area contributed by atoms with Crippen LogP contribution in [0.25, 0.3) is 0 Å². The van der Waals surface area contributed by atoms with Gasteiger partial charge in [-0.2, -0.15) is 0 Å². The summed E-state index contributed by atoms with van der Waals surface area (Å²) in [6, 6.07) is 15.4. The van der Waals surface area contributed by atoms with E-state index in [0.29, 0.717) is 24.6 Å². The first kappa shape index (κ1) is 19.3. The molecule has 0 spiro atoms. The summed E-state index contributed by atoms with van der Waals surface area (Å²) in [5.74, 6) is 0.818. The molecule has 0 aliphatic rings. The molecule has 0 fully saturated rings. The fourth-order valence-corrected chi connectivity index (χ4v) is 2.84. The number of nitrogens with one attached hydrogen (secondary N) is 1. The molecule has 134 valence electrons. The average Bonchev–Trinajstić information content (AvgIpc) is 2.57. The Morgan fingerprint density at radius 2 is 1.92 bits per heavy atom. The number of likely N-dealkylation sites (N-methyl/N-ethyl adjacent to an activating group) is 1. The number of halogens is 1. The molecule has 5 heteroatoms. The summed E-state index contributed by atoms with van der Waals surface area (Å²) in [7, 11) is 3.98. The summed E-state index contributed by atoms with van der Waals surface area (Å²) in [6.45, 7) is 3.11. The maximum Gasteiger partial charge on any atom is 0.224 e. The topological polar surface area (TPSA) is 41.6 Å². The third kappa shape index (κ3) is 6.07. The molecule has 2 aromatic carbocycles. The fourth-order valence-electron chi connectivity index (χ4n) is 2.64. The molecule has 0 aliphatic heterocycles. The number of amides is 1. The van der Waals surface area contributed by atoms with Gasteiger partial charge in [-0.15, -0.1) is 0 Å². The Kier molecular flexibility index (Phi) is 7.29. The highest BCUT2D eigenvalue weighted by Crippen LogP contribution is 2.21. The van der Waals surface area contributed by atoms with E-state index in [-0.39, 0.29) is 11.9 Å². The molecule has 4 nitrogen and oxygen atoms in total. The lowest BCUT2D eigenvalue weighted by molar-refractivity contribution is -0.120. The van der Waals surface area contributed by atoms with Crippen molar-refractivity contribution < 1.29 is 9.53 Å². The maximum atomic E-state index is 12.3. The number of hydrogen-bond donors (Lipinski definition) is 1. The van der Waals surface area contributed by atoms with E-state index in [1.54, 1.807) is 0 Å². The summed E-state index contributed by atoms with van der Waals surface area (Å²) < 4.78 is 5.41. The minimum absolute atomic E-state index is 0.00182. The molecule has 25 heavy (non-hydrogen) atoms. The molecule has 0 heterocycles. The molecule has 0 radical (unpaired) electrons. The van der Waals surface area contributed by atoms with Gasteiger partial charge < -0.3 is 15.0 Å². The summed E-state index contributed by atoms with van der Waals surface area (Å²) in [6.07, 6.45) is 0.349. The van der Waals surface area contributed by atoms with Gasteiger partial charge in [0, 0.05) is 11.6 Å². The van der Waals surface area contributed by atoms with Crippen molar-refractivity contribution in [2.24, 2.45) is 0 Å². The third-order valence-electron chi connectivity index (χ3n) is 3.95. The van der Waals surface area contributed by atoms with Crippen LogP contribution in [-0.4, -0.2) is 38.1 Å². The zero-order valence-electron chi connectivity index (χ0n) is 15.0. The van der Waals surface area contributed by atoms with E-state index in [2.05, 4.69) is 10.2 Å². The van der Waals surface area contributed by atoms with Crippen LogP contribution in [0, 0.1) is 0 Å². The highest BCUT2D eigenvalue weighted by molar-refractivity contribution is 6.30. The quantitative estimate of drug-likeness (QED) is 0.780. The number of rotatable bonds is 8. The number of nitrogens with zero attached hydrogens (tertiary/aromatic N) is 1. The molecule has 0 aromatic heterocycles. The van der Waals surface area contributed by atoms with Crippen LogP contribution in [0.15, 0.2) is 48.5 Å². The number of carbonyl (C=O) groups excluding carboxylic acids is 1. The van der Waals surface area contributed by atoms with E-state index in [0.717, 1.165) is 16.9 Å². The van der Waals surface area contributed by atoms with Crippen LogP contribution in [-0.2, 0) is 11.2 Å². The standard InChI is InChI=1S/C20H25ClN2O2/c1-4-25-18-10-8-15(9-11-18)12-20(24)22-14-19(23(2)3)16-6-5-7-17(21)13-16/h5-11,13,19H,4,12,14H2,1-3H3,(H,22,24). The Balaban J connectivity index is 1.92. The van der Waals surface area contributed by atoms with E-state index in [1.807, 2.05) is 69.6 Å². The Labute approximate surface area is 154 Å². The molecule has 1 unspecified atom stereocenters. The Hall–Kier alpha value is -2.04. The molecule has 0 saturated heterocycles. The molecule has 2 aromatic rings. The van der Waals surface area contributed by atoms with Gasteiger partial charge in [-0.25, -0.2) is 0 Å². The molecule has 0 bridgehead atoms. The molecular weight excluding hydrogens is 336 g/mol. The maximum absolute atomic E-state index is 12.3. The molecule has 0 aliphatic carbocycles. The van der Waals surface area contributed by atoms with Crippen LogP contribution in [0.4, 0.5) is 0 Å². The number of hydrogen-bond acceptors (Lipinski definition) is 3. The predicted octanol–water partition coefficient (Wildman–Crippen LogP) is 3.70. The lowest BCUT2D eigenvalue weighted by Gasteiger charge is -2.25. The van der Waals surface area contributed by atoms with E-state index in [1.165, 1.54) is 0 Å². The number of benzene rings is 2. The van der Waals surface area contributed by atoms with Crippen molar-refractivity contribution in [3.63, 3.8) is 0 Å². The first-order valence-electron chi connectivity index (χ1n) is 8.40. The third-order valence-corrected chi connectivity index (χ3v) is 4.18. The van der Waals surface area contributed by atoms with Crippen molar-refractivity contribution in [1.29, 1.82) is 0 Å². The second kappa shape index (κ2) is 9.44. The van der Waals surface area contributed by atoms with Crippen LogP contribution >= 0.6 is 11.6 Å². The van der Waals surface area contributed by atoms with Crippen molar-refractivity contribution in [2.45, 2.75) is 19.4 Å². The second-order valence-electron chi connectivity index (χ2n) is 6.09. The van der Waals surface area contributed by atoms with Gasteiger partial charge >= 0.3 is 0 Å². The summed E-state index contributed by atoms with van der Waals surface area (Å²) in [5, 5.41) is 3.71. The van der Waals surface area contributed by atoms with E-state index in [9.17, 15) is 4.79 Å². The summed E-state index contributed by atoms with van der Waals surface area (Å²) in [5.41, 5.74) is 2.05. The Morgan fingerprint density at radius 3 is 2.52 bits per heavy atom. The van der Waals surface area contributed by atoms with Crippen molar-refractivity contribution in [3.05, 3.63) is 64.7 Å². The Bertz CT molecular complexity index is 686. The van der Waals surface area contributed by atoms with Gasteiger partial charge in [0.05, 0.1) is 19.1 Å². The molecular formula is C20H25ClN2O2. The van der Waals surface area contributed by atoms with Gasteiger partial charge in [-0.1, -0.05) is 35.9 Å². The van der Waals surface area contributed by atoms with E-state index in [4.69, 9.17) is 16.3 Å². The predicted molar refractivity (Wildman–Crippen MR) is 102 cm³/mol. The lowest BCUT2D eigenvalue weighted by Crippen LogP contribution is -2.35. The minimum Gasteiger partial charge on any atom is -0.494 e. The zero-order chi connectivity index (χ0) is 18.2. The second-order valence-corrected chi connectivity index (χ2v) is 6.53. The lowest BCUT2D eigenvalue weighted by atomic mass is 10.1. The van der Waals surface area contributed by atoms with Crippen LogP contribution in [0.1, 0.15) is 24.1 Å². The van der Waals surface area contributed by atoms with Crippen LogP contribution in [0.3, 0.4) is 0 Å². The smallest absolute Gasteiger partial charge is 0.224 e. The number of carbonyl (C=O) groups is 1. The van der Waals surface area contributed by atoms with Crippen molar-refractivity contribution in [3.8, 4) is 5.75 Å². The largest absolute Gasteiger partial charge is 0.494 e. The van der Waals surface area contributed by atoms with E-state index < -0.39 is 0 Å². The summed E-state index contributed by atoms with van der Waals surface area (Å²) >= 11 is 6.08. The highest BCUT2D eigenvalue weighted by atomic mass is 35.5. The molecule has 1 atom stereocenters. The monoisotopic (exact) mass is 360 g/mol. The average molecular weight is 361 g/mol. The van der Waals surface area contributed by atoms with Gasteiger partial charge in [-0.05, 0) is 56.4 Å². The molecule has 2 rings (SSSR count). The van der Waals surface area contributed by atoms with Gasteiger partial charge in [0.15, 0.2) is 0 Å². The molecule has 0 saturated carbocycles. The molecule has 1 amide bonds. The van der Waals surface area contributed by atoms with Crippen molar-refractivity contribution >= 4 is 17.5 Å².